The van der Waals surface area contributed by atoms with Crippen molar-refractivity contribution in [3.8, 4) is 11.5 Å². The SMILES string of the molecule is COc1ccc(C(=O)NC2C3C4CCC(C4)C23)c(O)c1. The highest BCUT2D eigenvalue weighted by Crippen LogP contribution is 2.65. The number of nitrogens with one attached hydrogen (secondary N) is 1. The van der Waals surface area contributed by atoms with Crippen LogP contribution in [0.4, 0.5) is 0 Å². The summed E-state index contributed by atoms with van der Waals surface area (Å²) in [7, 11) is 1.54. The highest BCUT2D eigenvalue weighted by Gasteiger charge is 2.65. The van der Waals surface area contributed by atoms with Gasteiger partial charge in [-0.25, -0.2) is 0 Å². The van der Waals surface area contributed by atoms with E-state index >= 15 is 0 Å². The molecule has 2 N–H and O–H groups in total. The number of hydrogen-bond donors (Lipinski definition) is 2. The van der Waals surface area contributed by atoms with Gasteiger partial charge in [-0.15, -0.1) is 0 Å². The molecule has 0 saturated heterocycles. The van der Waals surface area contributed by atoms with Gasteiger partial charge < -0.3 is 15.2 Å². The Morgan fingerprint density at radius 3 is 2.60 bits per heavy atom. The average molecular weight is 273 g/mol. The van der Waals surface area contributed by atoms with Gasteiger partial charge in [0.1, 0.15) is 11.5 Å². The summed E-state index contributed by atoms with van der Waals surface area (Å²) in [6, 6.07) is 5.14. The van der Waals surface area contributed by atoms with Crippen molar-refractivity contribution in [1.29, 1.82) is 0 Å². The molecule has 3 aliphatic rings. The van der Waals surface area contributed by atoms with Gasteiger partial charge in [0.15, 0.2) is 0 Å². The van der Waals surface area contributed by atoms with Crippen LogP contribution in [-0.4, -0.2) is 24.2 Å². The number of amides is 1. The maximum absolute atomic E-state index is 12.3. The lowest BCUT2D eigenvalue weighted by atomic mass is 10.0. The normalized spacial score (nSPS) is 36.5. The molecule has 0 radical (unpaired) electrons. The molecular formula is C16H19NO3. The highest BCUT2D eigenvalue weighted by molar-refractivity contribution is 5.97. The van der Waals surface area contributed by atoms with Crippen molar-refractivity contribution < 1.29 is 14.6 Å². The topological polar surface area (TPSA) is 58.6 Å². The Kier molecular flexibility index (Phi) is 2.50. The minimum Gasteiger partial charge on any atom is -0.507 e. The van der Waals surface area contributed by atoms with Crippen molar-refractivity contribution in [2.24, 2.45) is 23.7 Å². The van der Waals surface area contributed by atoms with Crippen LogP contribution in [0.1, 0.15) is 29.6 Å². The minimum absolute atomic E-state index is 0.0179. The van der Waals surface area contributed by atoms with Gasteiger partial charge in [-0.3, -0.25) is 4.79 Å². The Hall–Kier alpha value is -1.71. The molecule has 4 nitrogen and oxygen atoms in total. The predicted molar refractivity (Wildman–Crippen MR) is 73.7 cm³/mol. The molecule has 3 saturated carbocycles. The average Bonchev–Trinajstić information content (AvgIpc) is 2.84. The number of carbonyl (C=O) groups excluding carboxylic acids is 1. The highest BCUT2D eigenvalue weighted by atomic mass is 16.5. The maximum Gasteiger partial charge on any atom is 0.255 e. The molecule has 4 rings (SSSR count). The van der Waals surface area contributed by atoms with E-state index < -0.39 is 0 Å². The Labute approximate surface area is 118 Å². The van der Waals surface area contributed by atoms with E-state index in [1.165, 1.54) is 32.4 Å². The number of ether oxygens (including phenoxy) is 1. The number of phenolic OH excluding ortho intramolecular Hbond substituents is 1. The smallest absolute Gasteiger partial charge is 0.255 e. The maximum atomic E-state index is 12.3. The molecule has 0 spiro atoms. The zero-order chi connectivity index (χ0) is 13.9. The molecule has 1 amide bonds. The number of rotatable bonds is 3. The van der Waals surface area contributed by atoms with Crippen LogP contribution in [0, 0.1) is 23.7 Å². The zero-order valence-electron chi connectivity index (χ0n) is 11.5. The predicted octanol–water partition coefficient (Wildman–Crippen LogP) is 2.18. The number of hydrogen-bond acceptors (Lipinski definition) is 3. The van der Waals surface area contributed by atoms with Gasteiger partial charge in [-0.1, -0.05) is 0 Å². The first-order valence-electron chi connectivity index (χ1n) is 7.37. The molecule has 2 bridgehead atoms. The molecule has 0 heterocycles. The molecule has 20 heavy (non-hydrogen) atoms. The van der Waals surface area contributed by atoms with Crippen LogP contribution in [0.15, 0.2) is 18.2 Å². The summed E-state index contributed by atoms with van der Waals surface area (Å²) in [4.78, 5) is 12.3. The van der Waals surface area contributed by atoms with Crippen molar-refractivity contribution in [1.82, 2.24) is 5.32 Å². The third-order valence-electron chi connectivity index (χ3n) is 5.48. The molecule has 3 fully saturated rings. The fourth-order valence-corrected chi connectivity index (χ4v) is 4.58. The third kappa shape index (κ3) is 1.63. The molecule has 4 atom stereocenters. The monoisotopic (exact) mass is 273 g/mol. The largest absolute Gasteiger partial charge is 0.507 e. The van der Waals surface area contributed by atoms with E-state index in [1.54, 1.807) is 12.1 Å². The zero-order valence-corrected chi connectivity index (χ0v) is 11.5. The number of carbonyl (C=O) groups is 1. The minimum atomic E-state index is -0.163. The van der Waals surface area contributed by atoms with E-state index in [1.807, 2.05) is 0 Å². The summed E-state index contributed by atoms with van der Waals surface area (Å²) in [6.07, 6.45) is 4.05. The Balaban J connectivity index is 1.47. The van der Waals surface area contributed by atoms with E-state index in [9.17, 15) is 9.90 Å². The van der Waals surface area contributed by atoms with Crippen LogP contribution >= 0.6 is 0 Å². The van der Waals surface area contributed by atoms with Gasteiger partial charge in [0.25, 0.3) is 5.91 Å². The van der Waals surface area contributed by atoms with Crippen LogP contribution < -0.4 is 10.1 Å². The second-order valence-electron chi connectivity index (χ2n) is 6.37. The Morgan fingerprint density at radius 1 is 1.30 bits per heavy atom. The lowest BCUT2D eigenvalue weighted by Gasteiger charge is -2.12. The molecule has 4 unspecified atom stereocenters. The molecule has 106 valence electrons. The van der Waals surface area contributed by atoms with E-state index in [4.69, 9.17) is 4.74 Å². The van der Waals surface area contributed by atoms with Crippen molar-refractivity contribution in [2.75, 3.05) is 7.11 Å². The molecular weight excluding hydrogens is 254 g/mol. The number of fused-ring (bicyclic) bond motifs is 5. The van der Waals surface area contributed by atoms with Gasteiger partial charge in [-0.05, 0) is 55.1 Å². The number of phenols is 1. The second kappa shape index (κ2) is 4.14. The van der Waals surface area contributed by atoms with Gasteiger partial charge in [0.2, 0.25) is 0 Å². The number of aromatic hydroxyl groups is 1. The van der Waals surface area contributed by atoms with Crippen molar-refractivity contribution in [3.05, 3.63) is 23.8 Å². The van der Waals surface area contributed by atoms with Crippen molar-refractivity contribution >= 4 is 5.91 Å². The molecule has 0 aliphatic heterocycles. The first-order chi connectivity index (χ1) is 9.69. The van der Waals surface area contributed by atoms with Crippen molar-refractivity contribution in [3.63, 3.8) is 0 Å². The molecule has 1 aromatic rings. The van der Waals surface area contributed by atoms with E-state index in [2.05, 4.69) is 5.32 Å². The molecule has 4 heteroatoms. The first-order valence-corrected chi connectivity index (χ1v) is 7.37. The van der Waals surface area contributed by atoms with E-state index in [0.717, 1.165) is 11.8 Å². The molecule has 1 aromatic carbocycles. The van der Waals surface area contributed by atoms with Gasteiger partial charge in [0.05, 0.1) is 12.7 Å². The summed E-state index contributed by atoms with van der Waals surface area (Å²) >= 11 is 0. The standard InChI is InChI=1S/C16H19NO3/c1-20-10-4-5-11(12(18)7-10)16(19)17-15-13-8-2-3-9(6-8)14(13)15/h4-5,7-9,13-15,18H,2-3,6H2,1H3,(H,17,19). The lowest BCUT2D eigenvalue weighted by Crippen LogP contribution is -2.29. The number of benzene rings is 1. The fourth-order valence-electron chi connectivity index (χ4n) is 4.58. The molecule has 3 aliphatic carbocycles. The summed E-state index contributed by atoms with van der Waals surface area (Å²) < 4.78 is 5.03. The summed E-state index contributed by atoms with van der Waals surface area (Å²) in [6.45, 7) is 0. The lowest BCUT2D eigenvalue weighted by molar-refractivity contribution is 0.0941. The van der Waals surface area contributed by atoms with E-state index in [0.29, 0.717) is 29.2 Å². The summed E-state index contributed by atoms with van der Waals surface area (Å²) in [5.74, 6) is 3.45. The van der Waals surface area contributed by atoms with Crippen LogP contribution in [0.3, 0.4) is 0 Å². The fraction of sp³-hybridized carbons (Fsp3) is 0.562. The third-order valence-corrected chi connectivity index (χ3v) is 5.48. The van der Waals surface area contributed by atoms with Gasteiger partial charge >= 0.3 is 0 Å². The van der Waals surface area contributed by atoms with Crippen molar-refractivity contribution in [2.45, 2.75) is 25.3 Å². The summed E-state index contributed by atoms with van der Waals surface area (Å²) in [5, 5.41) is 13.0. The van der Waals surface area contributed by atoms with E-state index in [-0.39, 0.29) is 11.7 Å². The van der Waals surface area contributed by atoms with Crippen LogP contribution in [-0.2, 0) is 0 Å². The van der Waals surface area contributed by atoms with Gasteiger partial charge in [0, 0.05) is 12.1 Å². The number of methoxy groups -OCH3 is 1. The van der Waals surface area contributed by atoms with Gasteiger partial charge in [-0.2, -0.15) is 0 Å². The van der Waals surface area contributed by atoms with Crippen LogP contribution in [0.2, 0.25) is 0 Å². The second-order valence-corrected chi connectivity index (χ2v) is 6.37. The van der Waals surface area contributed by atoms with Crippen LogP contribution in [0.25, 0.3) is 0 Å². The first kappa shape index (κ1) is 12.1. The molecule has 0 aromatic heterocycles. The quantitative estimate of drug-likeness (QED) is 0.887. The Bertz CT molecular complexity index is 555. The summed E-state index contributed by atoms with van der Waals surface area (Å²) in [5.41, 5.74) is 0.336. The van der Waals surface area contributed by atoms with Crippen LogP contribution in [0.5, 0.6) is 11.5 Å². The Morgan fingerprint density at radius 2 is 2.00 bits per heavy atom.